The Morgan fingerprint density at radius 2 is 2.08 bits per heavy atom. The van der Waals surface area contributed by atoms with Gasteiger partial charge in [-0.1, -0.05) is 0 Å². The lowest BCUT2D eigenvalue weighted by Crippen LogP contribution is -2.36. The third-order valence-corrected chi connectivity index (χ3v) is 1.41. The van der Waals surface area contributed by atoms with E-state index in [1.807, 2.05) is 0 Å². The predicted molar refractivity (Wildman–Crippen MR) is 45.4 cm³/mol. The highest BCUT2D eigenvalue weighted by molar-refractivity contribution is 5.74. The molecule has 0 bridgehead atoms. The van der Waals surface area contributed by atoms with Crippen molar-refractivity contribution in [3.8, 4) is 0 Å². The number of guanidine groups is 1. The van der Waals surface area contributed by atoms with Crippen molar-refractivity contribution in [1.29, 1.82) is 5.41 Å². The molecule has 6 nitrogen and oxygen atoms in total. The molecule has 0 aliphatic heterocycles. The Labute approximate surface area is 71.1 Å². The van der Waals surface area contributed by atoms with Gasteiger partial charge in [0, 0.05) is 6.54 Å². The van der Waals surface area contributed by atoms with Crippen molar-refractivity contribution in [1.82, 2.24) is 5.32 Å². The first-order valence-corrected chi connectivity index (χ1v) is 3.73. The Kier molecular flexibility index (Phi) is 5.35. The first-order valence-electron chi connectivity index (χ1n) is 3.73. The Morgan fingerprint density at radius 1 is 1.50 bits per heavy atom. The molecule has 0 unspecified atom stereocenters. The Balaban J connectivity index is 3.25. The second kappa shape index (κ2) is 5.76. The summed E-state index contributed by atoms with van der Waals surface area (Å²) in [4.78, 5) is 0. The molecular formula is C6H16N4O2. The standard InChI is InChI=1S/C6H16N4O2/c7-4(5(11)12)2-1-3-10-6(8)9/h4-5,11-12H,1-3,7H2,(H4,8,9,10)/t4-/m0/s1. The van der Waals surface area contributed by atoms with Crippen molar-refractivity contribution in [2.45, 2.75) is 25.2 Å². The van der Waals surface area contributed by atoms with Gasteiger partial charge in [-0.25, -0.2) is 0 Å². The van der Waals surface area contributed by atoms with Crippen LogP contribution in [0.3, 0.4) is 0 Å². The van der Waals surface area contributed by atoms with E-state index in [4.69, 9.17) is 27.1 Å². The Hall–Kier alpha value is -0.850. The summed E-state index contributed by atoms with van der Waals surface area (Å²) in [7, 11) is 0. The molecule has 0 aliphatic rings. The van der Waals surface area contributed by atoms with Crippen molar-refractivity contribution in [3.05, 3.63) is 0 Å². The van der Waals surface area contributed by atoms with E-state index in [-0.39, 0.29) is 5.96 Å². The quantitative estimate of drug-likeness (QED) is 0.124. The predicted octanol–water partition coefficient (Wildman–Crippen LogP) is -2.11. The van der Waals surface area contributed by atoms with E-state index in [1.165, 1.54) is 0 Å². The smallest absolute Gasteiger partial charge is 0.185 e. The van der Waals surface area contributed by atoms with E-state index < -0.39 is 12.3 Å². The fourth-order valence-corrected chi connectivity index (χ4v) is 0.710. The van der Waals surface area contributed by atoms with Gasteiger partial charge in [0.05, 0.1) is 6.04 Å². The summed E-state index contributed by atoms with van der Waals surface area (Å²) in [5.41, 5.74) is 10.3. The zero-order valence-corrected chi connectivity index (χ0v) is 6.83. The lowest BCUT2D eigenvalue weighted by atomic mass is 10.1. The average molecular weight is 176 g/mol. The summed E-state index contributed by atoms with van der Waals surface area (Å²) in [5, 5.41) is 26.5. The van der Waals surface area contributed by atoms with Crippen molar-refractivity contribution in [2.24, 2.45) is 11.5 Å². The highest BCUT2D eigenvalue weighted by Gasteiger charge is 2.09. The van der Waals surface area contributed by atoms with Crippen molar-refractivity contribution >= 4 is 5.96 Å². The van der Waals surface area contributed by atoms with Crippen LogP contribution in [0, 0.1) is 5.41 Å². The molecule has 0 saturated heterocycles. The summed E-state index contributed by atoms with van der Waals surface area (Å²) in [6, 6.07) is -0.626. The topological polar surface area (TPSA) is 128 Å². The number of hydrogen-bond acceptors (Lipinski definition) is 4. The fraction of sp³-hybridized carbons (Fsp3) is 0.833. The number of nitrogens with one attached hydrogen (secondary N) is 2. The molecule has 0 aliphatic carbocycles. The van der Waals surface area contributed by atoms with Gasteiger partial charge >= 0.3 is 0 Å². The van der Waals surface area contributed by atoms with E-state index in [2.05, 4.69) is 5.32 Å². The van der Waals surface area contributed by atoms with Crippen molar-refractivity contribution in [3.63, 3.8) is 0 Å². The van der Waals surface area contributed by atoms with E-state index in [0.29, 0.717) is 19.4 Å². The maximum absolute atomic E-state index is 8.57. The molecular weight excluding hydrogens is 160 g/mol. The third-order valence-electron chi connectivity index (χ3n) is 1.41. The van der Waals surface area contributed by atoms with E-state index >= 15 is 0 Å². The Morgan fingerprint density at radius 3 is 2.50 bits per heavy atom. The van der Waals surface area contributed by atoms with Gasteiger partial charge in [0.2, 0.25) is 0 Å². The van der Waals surface area contributed by atoms with Gasteiger partial charge in [-0.15, -0.1) is 0 Å². The third kappa shape index (κ3) is 5.90. The first kappa shape index (κ1) is 11.2. The molecule has 0 aromatic heterocycles. The van der Waals surface area contributed by atoms with Gasteiger partial charge in [-0.3, -0.25) is 5.41 Å². The fourth-order valence-electron chi connectivity index (χ4n) is 0.710. The zero-order chi connectivity index (χ0) is 9.56. The molecule has 0 saturated carbocycles. The number of aliphatic hydroxyl groups is 2. The molecule has 6 heteroatoms. The first-order chi connectivity index (χ1) is 5.54. The van der Waals surface area contributed by atoms with Gasteiger partial charge in [0.1, 0.15) is 0 Å². The summed E-state index contributed by atoms with van der Waals surface area (Å²) in [6.45, 7) is 0.524. The summed E-state index contributed by atoms with van der Waals surface area (Å²) in [5.74, 6) is -0.0897. The molecule has 0 fully saturated rings. The minimum Gasteiger partial charge on any atom is -0.370 e. The SMILES string of the molecule is N=C(N)NCCC[C@H](N)C(O)O. The molecule has 72 valence electrons. The van der Waals surface area contributed by atoms with Crippen LogP contribution in [0.5, 0.6) is 0 Å². The zero-order valence-electron chi connectivity index (χ0n) is 6.83. The van der Waals surface area contributed by atoms with Crippen LogP contribution in [-0.4, -0.2) is 35.0 Å². The number of nitrogens with two attached hydrogens (primary N) is 2. The maximum atomic E-state index is 8.57. The molecule has 1 atom stereocenters. The lowest BCUT2D eigenvalue weighted by molar-refractivity contribution is -0.0597. The second-order valence-corrected chi connectivity index (χ2v) is 2.56. The lowest BCUT2D eigenvalue weighted by Gasteiger charge is -2.13. The molecule has 0 amide bonds. The average Bonchev–Trinajstić information content (AvgIpc) is 1.97. The number of hydrogen-bond donors (Lipinski definition) is 6. The minimum atomic E-state index is -1.47. The van der Waals surface area contributed by atoms with Crippen LogP contribution in [0.15, 0.2) is 0 Å². The highest BCUT2D eigenvalue weighted by Crippen LogP contribution is 1.95. The maximum Gasteiger partial charge on any atom is 0.185 e. The normalized spacial score (nSPS) is 13.0. The number of rotatable bonds is 5. The van der Waals surface area contributed by atoms with Crippen LogP contribution in [0.1, 0.15) is 12.8 Å². The minimum absolute atomic E-state index is 0.0897. The molecule has 0 spiro atoms. The van der Waals surface area contributed by atoms with Gasteiger partial charge in [0.25, 0.3) is 0 Å². The summed E-state index contributed by atoms with van der Waals surface area (Å²) >= 11 is 0. The second-order valence-electron chi connectivity index (χ2n) is 2.56. The van der Waals surface area contributed by atoms with E-state index in [0.717, 1.165) is 0 Å². The molecule has 0 aromatic carbocycles. The monoisotopic (exact) mass is 176 g/mol. The van der Waals surface area contributed by atoms with Crippen LogP contribution >= 0.6 is 0 Å². The van der Waals surface area contributed by atoms with Crippen LogP contribution in [-0.2, 0) is 0 Å². The molecule has 12 heavy (non-hydrogen) atoms. The molecule has 0 heterocycles. The van der Waals surface area contributed by atoms with Crippen LogP contribution in [0.25, 0.3) is 0 Å². The van der Waals surface area contributed by atoms with Crippen LogP contribution in [0.2, 0.25) is 0 Å². The van der Waals surface area contributed by atoms with Gasteiger partial charge < -0.3 is 27.0 Å². The number of aliphatic hydroxyl groups excluding tert-OH is 1. The molecule has 0 rings (SSSR count). The largest absolute Gasteiger partial charge is 0.370 e. The highest BCUT2D eigenvalue weighted by atomic mass is 16.5. The van der Waals surface area contributed by atoms with Gasteiger partial charge in [-0.05, 0) is 12.8 Å². The summed E-state index contributed by atoms with van der Waals surface area (Å²) in [6.07, 6.45) is -0.335. The van der Waals surface area contributed by atoms with Gasteiger partial charge in [0.15, 0.2) is 12.2 Å². The van der Waals surface area contributed by atoms with E-state index in [9.17, 15) is 0 Å². The van der Waals surface area contributed by atoms with Crippen LogP contribution in [0.4, 0.5) is 0 Å². The molecule has 8 N–H and O–H groups in total. The van der Waals surface area contributed by atoms with Crippen molar-refractivity contribution in [2.75, 3.05) is 6.54 Å². The van der Waals surface area contributed by atoms with Gasteiger partial charge in [-0.2, -0.15) is 0 Å². The molecule has 0 aromatic rings. The molecule has 0 radical (unpaired) electrons. The van der Waals surface area contributed by atoms with Crippen molar-refractivity contribution < 1.29 is 10.2 Å². The van der Waals surface area contributed by atoms with Crippen LogP contribution < -0.4 is 16.8 Å². The summed E-state index contributed by atoms with van der Waals surface area (Å²) < 4.78 is 0. The van der Waals surface area contributed by atoms with E-state index in [1.54, 1.807) is 0 Å². The Bertz CT molecular complexity index is 140.